The van der Waals surface area contributed by atoms with Gasteiger partial charge in [-0.25, -0.2) is 0 Å². The quantitative estimate of drug-likeness (QED) is 0.367. The molecule has 3 rings (SSSR count). The number of hydrogen-bond acceptors (Lipinski definition) is 3. The first-order valence-corrected chi connectivity index (χ1v) is 8.95. The Hall–Kier alpha value is -2.20. The molecule has 0 aliphatic heterocycles. The highest BCUT2D eigenvalue weighted by Crippen LogP contribution is 2.23. The second-order valence-corrected chi connectivity index (χ2v) is 6.74. The van der Waals surface area contributed by atoms with Crippen LogP contribution in [0.4, 0.5) is 5.69 Å². The second kappa shape index (κ2) is 8.95. The molecule has 0 saturated carbocycles. The van der Waals surface area contributed by atoms with Crippen LogP contribution in [0.2, 0.25) is 15.1 Å². The van der Waals surface area contributed by atoms with Gasteiger partial charge in [0.05, 0.1) is 21.9 Å². The van der Waals surface area contributed by atoms with Crippen LogP contribution in [0, 0.1) is 0 Å². The largest absolute Gasteiger partial charge is 0.489 e. The lowest BCUT2D eigenvalue weighted by atomic mass is 10.2. The van der Waals surface area contributed by atoms with Crippen molar-refractivity contribution in [2.75, 3.05) is 5.43 Å². The van der Waals surface area contributed by atoms with Crippen LogP contribution in [0.15, 0.2) is 71.8 Å². The van der Waals surface area contributed by atoms with E-state index in [4.69, 9.17) is 39.5 Å². The highest BCUT2D eigenvalue weighted by atomic mass is 35.5. The Morgan fingerprint density at radius 3 is 2.46 bits per heavy atom. The van der Waals surface area contributed by atoms with Crippen LogP contribution in [0.3, 0.4) is 0 Å². The van der Waals surface area contributed by atoms with E-state index < -0.39 is 0 Å². The summed E-state index contributed by atoms with van der Waals surface area (Å²) < 4.78 is 5.81. The van der Waals surface area contributed by atoms with Gasteiger partial charge < -0.3 is 4.74 Å². The number of nitrogens with zero attached hydrogens (tertiary/aromatic N) is 1. The minimum atomic E-state index is 0.403. The number of anilines is 1. The lowest BCUT2D eigenvalue weighted by Crippen LogP contribution is -1.96. The van der Waals surface area contributed by atoms with Gasteiger partial charge >= 0.3 is 0 Å². The molecule has 3 nitrogen and oxygen atoms in total. The number of benzene rings is 3. The fourth-order valence-electron chi connectivity index (χ4n) is 2.19. The van der Waals surface area contributed by atoms with Crippen LogP contribution in [0.5, 0.6) is 5.75 Å². The third kappa shape index (κ3) is 5.40. The van der Waals surface area contributed by atoms with Crippen molar-refractivity contribution in [2.24, 2.45) is 5.10 Å². The van der Waals surface area contributed by atoms with Gasteiger partial charge in [-0.15, -0.1) is 0 Å². The zero-order valence-electron chi connectivity index (χ0n) is 13.6. The predicted molar refractivity (Wildman–Crippen MR) is 110 cm³/mol. The van der Waals surface area contributed by atoms with Gasteiger partial charge in [0.1, 0.15) is 12.4 Å². The van der Waals surface area contributed by atoms with Gasteiger partial charge in [-0.05, 0) is 59.7 Å². The molecule has 0 radical (unpaired) electrons. The van der Waals surface area contributed by atoms with Crippen LogP contribution in [-0.4, -0.2) is 6.21 Å². The maximum atomic E-state index is 6.02. The van der Waals surface area contributed by atoms with E-state index in [1.54, 1.807) is 30.5 Å². The first-order chi connectivity index (χ1) is 12.6. The van der Waals surface area contributed by atoms with Crippen molar-refractivity contribution in [3.8, 4) is 5.75 Å². The molecule has 0 spiro atoms. The Labute approximate surface area is 167 Å². The Balaban J connectivity index is 1.59. The third-order valence-electron chi connectivity index (χ3n) is 3.50. The molecule has 132 valence electrons. The second-order valence-electron chi connectivity index (χ2n) is 5.49. The summed E-state index contributed by atoms with van der Waals surface area (Å²) in [6, 6.07) is 20.4. The fraction of sp³-hybridized carbons (Fsp3) is 0.0500. The van der Waals surface area contributed by atoms with Crippen LogP contribution in [-0.2, 0) is 6.61 Å². The number of ether oxygens (including phenoxy) is 1. The van der Waals surface area contributed by atoms with Gasteiger partial charge in [-0.1, -0.05) is 53.0 Å². The lowest BCUT2D eigenvalue weighted by Gasteiger charge is -2.08. The van der Waals surface area contributed by atoms with Crippen molar-refractivity contribution in [1.29, 1.82) is 0 Å². The van der Waals surface area contributed by atoms with Gasteiger partial charge in [-0.2, -0.15) is 5.10 Å². The summed E-state index contributed by atoms with van der Waals surface area (Å²) in [5.41, 5.74) is 5.67. The Morgan fingerprint density at radius 2 is 1.69 bits per heavy atom. The molecule has 0 fully saturated rings. The van der Waals surface area contributed by atoms with Crippen molar-refractivity contribution in [1.82, 2.24) is 0 Å². The molecule has 6 heteroatoms. The summed E-state index contributed by atoms with van der Waals surface area (Å²) in [6.07, 6.45) is 1.72. The van der Waals surface area contributed by atoms with Crippen LogP contribution in [0.25, 0.3) is 0 Å². The summed E-state index contributed by atoms with van der Waals surface area (Å²) in [4.78, 5) is 0. The maximum absolute atomic E-state index is 6.02. The number of hydrazone groups is 1. The van der Waals surface area contributed by atoms with Crippen LogP contribution < -0.4 is 10.2 Å². The predicted octanol–water partition coefficient (Wildman–Crippen LogP) is 6.67. The highest BCUT2D eigenvalue weighted by molar-refractivity contribution is 6.42. The van der Waals surface area contributed by atoms with Gasteiger partial charge in [0, 0.05) is 5.02 Å². The fourth-order valence-corrected chi connectivity index (χ4v) is 2.63. The van der Waals surface area contributed by atoms with Crippen molar-refractivity contribution in [3.05, 3.63) is 92.9 Å². The molecule has 0 aromatic heterocycles. The van der Waals surface area contributed by atoms with E-state index in [2.05, 4.69) is 10.5 Å². The normalized spacial score (nSPS) is 10.9. The topological polar surface area (TPSA) is 33.6 Å². The summed E-state index contributed by atoms with van der Waals surface area (Å²) in [7, 11) is 0. The molecule has 0 saturated heterocycles. The maximum Gasteiger partial charge on any atom is 0.120 e. The molecule has 0 unspecified atom stereocenters. The van der Waals surface area contributed by atoms with E-state index in [0.29, 0.717) is 21.7 Å². The third-order valence-corrected chi connectivity index (χ3v) is 4.49. The van der Waals surface area contributed by atoms with Crippen LogP contribution in [0.1, 0.15) is 11.1 Å². The molecule has 0 aliphatic carbocycles. The summed E-state index contributed by atoms with van der Waals surface area (Å²) in [5.74, 6) is 0.742. The minimum absolute atomic E-state index is 0.403. The molecule has 0 bridgehead atoms. The lowest BCUT2D eigenvalue weighted by molar-refractivity contribution is 0.306. The van der Waals surface area contributed by atoms with E-state index in [9.17, 15) is 0 Å². The van der Waals surface area contributed by atoms with Gasteiger partial charge in [0.15, 0.2) is 0 Å². The molecule has 3 aromatic carbocycles. The molecule has 0 heterocycles. The molecular weight excluding hydrogens is 391 g/mol. The average molecular weight is 406 g/mol. The van der Waals surface area contributed by atoms with E-state index >= 15 is 0 Å². The van der Waals surface area contributed by atoms with Crippen molar-refractivity contribution >= 4 is 46.7 Å². The van der Waals surface area contributed by atoms with Gasteiger partial charge in [-0.3, -0.25) is 5.43 Å². The van der Waals surface area contributed by atoms with Crippen molar-refractivity contribution in [2.45, 2.75) is 6.61 Å². The molecule has 0 atom stereocenters. The summed E-state index contributed by atoms with van der Waals surface area (Å²) in [5, 5.41) is 5.95. The summed E-state index contributed by atoms with van der Waals surface area (Å²) in [6.45, 7) is 0.403. The van der Waals surface area contributed by atoms with E-state index in [-0.39, 0.29) is 0 Å². The molecule has 3 aromatic rings. The molecule has 1 N–H and O–H groups in total. The molecule has 0 aliphatic rings. The van der Waals surface area contributed by atoms with Crippen molar-refractivity contribution in [3.63, 3.8) is 0 Å². The van der Waals surface area contributed by atoms with Gasteiger partial charge in [0.2, 0.25) is 0 Å². The average Bonchev–Trinajstić information content (AvgIpc) is 2.65. The van der Waals surface area contributed by atoms with E-state index in [1.165, 1.54) is 0 Å². The SMILES string of the molecule is Clc1ccc(NN=Cc2cccc(OCc3ccc(Cl)c(Cl)c3)c2)cc1. The van der Waals surface area contributed by atoms with E-state index in [0.717, 1.165) is 22.6 Å². The molecular formula is C20H15Cl3N2O. The number of halogens is 3. The first-order valence-electron chi connectivity index (χ1n) is 7.81. The number of nitrogens with one attached hydrogen (secondary N) is 1. The van der Waals surface area contributed by atoms with Gasteiger partial charge in [0.25, 0.3) is 0 Å². The minimum Gasteiger partial charge on any atom is -0.489 e. The monoisotopic (exact) mass is 404 g/mol. The van der Waals surface area contributed by atoms with Crippen LogP contribution >= 0.6 is 34.8 Å². The Bertz CT molecular complexity index is 911. The first kappa shape index (κ1) is 18.6. The number of hydrogen-bond donors (Lipinski definition) is 1. The summed E-state index contributed by atoms with van der Waals surface area (Å²) >= 11 is 17.8. The zero-order chi connectivity index (χ0) is 18.4. The van der Waals surface area contributed by atoms with E-state index in [1.807, 2.05) is 42.5 Å². The standard InChI is InChI=1S/C20H15Cl3N2O/c21-16-5-7-17(8-6-16)25-24-12-14-2-1-3-18(10-14)26-13-15-4-9-19(22)20(23)11-15/h1-12,25H,13H2. The molecule has 0 amide bonds. The van der Waals surface area contributed by atoms with Crippen molar-refractivity contribution < 1.29 is 4.74 Å². The number of rotatable bonds is 6. The molecule has 26 heavy (non-hydrogen) atoms. The highest BCUT2D eigenvalue weighted by Gasteiger charge is 2.01. The smallest absolute Gasteiger partial charge is 0.120 e. The Kier molecular flexibility index (Phi) is 6.40. The zero-order valence-corrected chi connectivity index (χ0v) is 15.9. The Morgan fingerprint density at radius 1 is 0.885 bits per heavy atom.